The second kappa shape index (κ2) is 8.83. The molecule has 1 aromatic carbocycles. The molecule has 4 rings (SSSR count). The molecule has 1 fully saturated rings. The zero-order valence-corrected chi connectivity index (χ0v) is 18.7. The number of amides is 1. The molecule has 1 aliphatic heterocycles. The number of fused-ring (bicyclic) bond motifs is 1. The quantitative estimate of drug-likeness (QED) is 0.771. The van der Waals surface area contributed by atoms with Gasteiger partial charge in [0, 0.05) is 30.8 Å². The van der Waals surface area contributed by atoms with E-state index in [9.17, 15) is 9.59 Å². The molecular weight excluding hydrogens is 392 g/mol. The summed E-state index contributed by atoms with van der Waals surface area (Å²) < 4.78 is 5.36. The number of nitrogens with one attached hydrogen (secondary N) is 2. The third kappa shape index (κ3) is 4.66. The summed E-state index contributed by atoms with van der Waals surface area (Å²) >= 11 is 0. The average molecular weight is 425 g/mol. The minimum absolute atomic E-state index is 0.0259. The first-order valence-corrected chi connectivity index (χ1v) is 11.2. The number of benzene rings is 1. The van der Waals surface area contributed by atoms with Crippen LogP contribution in [0.25, 0.3) is 0 Å². The topological polar surface area (TPSA) is 87.3 Å². The van der Waals surface area contributed by atoms with E-state index in [4.69, 9.17) is 4.74 Å². The van der Waals surface area contributed by atoms with Crippen molar-refractivity contribution in [1.29, 1.82) is 0 Å². The number of morpholine rings is 1. The number of aryl methyl sites for hydroxylation is 1. The van der Waals surface area contributed by atoms with Gasteiger partial charge in [-0.25, -0.2) is 4.98 Å². The Morgan fingerprint density at radius 2 is 2.03 bits per heavy atom. The van der Waals surface area contributed by atoms with E-state index in [2.05, 4.69) is 47.3 Å². The third-order valence-corrected chi connectivity index (χ3v) is 6.58. The van der Waals surface area contributed by atoms with Gasteiger partial charge in [0.15, 0.2) is 0 Å². The summed E-state index contributed by atoms with van der Waals surface area (Å²) in [5.41, 5.74) is 3.74. The lowest BCUT2D eigenvalue weighted by Gasteiger charge is -2.37. The van der Waals surface area contributed by atoms with Crippen molar-refractivity contribution >= 4 is 11.9 Å². The molecule has 2 heterocycles. The third-order valence-electron chi connectivity index (χ3n) is 6.58. The summed E-state index contributed by atoms with van der Waals surface area (Å²) in [5.74, 6) is 0.552. The van der Waals surface area contributed by atoms with Crippen molar-refractivity contribution < 1.29 is 9.53 Å². The molecule has 2 N–H and O–H groups in total. The van der Waals surface area contributed by atoms with E-state index in [1.165, 1.54) is 11.1 Å². The molecule has 2 aromatic rings. The lowest BCUT2D eigenvalue weighted by molar-refractivity contribution is -0.122. The van der Waals surface area contributed by atoms with Crippen LogP contribution >= 0.6 is 0 Å². The van der Waals surface area contributed by atoms with Crippen LogP contribution in [0.4, 0.5) is 5.95 Å². The van der Waals surface area contributed by atoms with Crippen LogP contribution in [-0.4, -0.2) is 42.2 Å². The number of nitrogens with zero attached hydrogens (tertiary/aromatic N) is 2. The maximum Gasteiger partial charge on any atom is 0.255 e. The first-order chi connectivity index (χ1) is 14.8. The van der Waals surface area contributed by atoms with Gasteiger partial charge in [0.05, 0.1) is 19.3 Å². The molecule has 7 nitrogen and oxygen atoms in total. The van der Waals surface area contributed by atoms with E-state index in [-0.39, 0.29) is 29.3 Å². The lowest BCUT2D eigenvalue weighted by Crippen LogP contribution is -2.39. The van der Waals surface area contributed by atoms with E-state index in [0.29, 0.717) is 49.9 Å². The Morgan fingerprint density at radius 3 is 2.77 bits per heavy atom. The van der Waals surface area contributed by atoms with Gasteiger partial charge in [-0.3, -0.25) is 14.6 Å². The molecule has 2 aliphatic rings. The van der Waals surface area contributed by atoms with E-state index in [1.54, 1.807) is 0 Å². The van der Waals surface area contributed by atoms with Crippen molar-refractivity contribution in [2.45, 2.75) is 57.9 Å². The molecule has 7 heteroatoms. The van der Waals surface area contributed by atoms with Crippen molar-refractivity contribution in [3.8, 4) is 0 Å². The van der Waals surface area contributed by atoms with Crippen LogP contribution in [0.2, 0.25) is 0 Å². The highest BCUT2D eigenvalue weighted by molar-refractivity contribution is 5.77. The fourth-order valence-electron chi connectivity index (χ4n) is 4.68. The molecule has 1 atom stereocenters. The molecule has 0 spiro atoms. The van der Waals surface area contributed by atoms with Crippen LogP contribution in [0.15, 0.2) is 29.1 Å². The predicted molar refractivity (Wildman–Crippen MR) is 121 cm³/mol. The maximum absolute atomic E-state index is 12.7. The van der Waals surface area contributed by atoms with E-state index < -0.39 is 0 Å². The van der Waals surface area contributed by atoms with Crippen molar-refractivity contribution in [3.63, 3.8) is 0 Å². The molecule has 1 amide bonds. The number of ether oxygens (including phenoxy) is 1. The standard InChI is InChI=1S/C24H32N4O3/c1-16-17(22(30)27-23(25-16)28-12-14-31-15-13-28)8-9-21(29)26-20-10-11-24(2,3)19-7-5-4-6-18(19)20/h4-7,20H,8-15H2,1-3H3,(H,26,29)(H,25,27,30)/t20-/m0/s1. The number of hydrogen-bond donors (Lipinski definition) is 2. The van der Waals surface area contributed by atoms with Gasteiger partial charge < -0.3 is 15.0 Å². The molecule has 1 saturated heterocycles. The Hall–Kier alpha value is -2.67. The molecule has 0 radical (unpaired) electrons. The van der Waals surface area contributed by atoms with Crippen LogP contribution in [-0.2, 0) is 21.4 Å². The smallest absolute Gasteiger partial charge is 0.255 e. The first kappa shape index (κ1) is 21.6. The summed E-state index contributed by atoms with van der Waals surface area (Å²) in [5, 5.41) is 3.19. The fourth-order valence-corrected chi connectivity index (χ4v) is 4.68. The van der Waals surface area contributed by atoms with Crippen molar-refractivity contribution in [1.82, 2.24) is 15.3 Å². The highest BCUT2D eigenvalue weighted by Gasteiger charge is 2.32. The number of aromatic nitrogens is 2. The van der Waals surface area contributed by atoms with Gasteiger partial charge in [0.2, 0.25) is 11.9 Å². The number of carbonyl (C=O) groups is 1. The normalized spacial score (nSPS) is 20.2. The summed E-state index contributed by atoms with van der Waals surface area (Å²) in [7, 11) is 0. The van der Waals surface area contributed by atoms with Crippen LogP contribution < -0.4 is 15.8 Å². The van der Waals surface area contributed by atoms with E-state index in [1.807, 2.05) is 17.9 Å². The second-order valence-corrected chi connectivity index (χ2v) is 9.18. The minimum atomic E-state index is -0.161. The lowest BCUT2D eigenvalue weighted by atomic mass is 9.71. The van der Waals surface area contributed by atoms with Gasteiger partial charge in [-0.1, -0.05) is 38.1 Å². The zero-order chi connectivity index (χ0) is 22.0. The number of hydrogen-bond acceptors (Lipinski definition) is 5. The van der Waals surface area contributed by atoms with Crippen molar-refractivity contribution in [2.24, 2.45) is 0 Å². The number of rotatable bonds is 5. The maximum atomic E-state index is 12.7. The Labute approximate surface area is 183 Å². The summed E-state index contributed by atoms with van der Waals surface area (Å²) in [4.78, 5) is 34.9. The van der Waals surface area contributed by atoms with Crippen LogP contribution in [0.5, 0.6) is 0 Å². The molecule has 166 valence electrons. The fraction of sp³-hybridized carbons (Fsp3) is 0.542. The van der Waals surface area contributed by atoms with Gasteiger partial charge in [-0.2, -0.15) is 0 Å². The second-order valence-electron chi connectivity index (χ2n) is 9.18. The Morgan fingerprint density at radius 1 is 1.29 bits per heavy atom. The van der Waals surface area contributed by atoms with Gasteiger partial charge in [0.25, 0.3) is 5.56 Å². The Kier molecular flexibility index (Phi) is 6.14. The molecule has 0 saturated carbocycles. The van der Waals surface area contributed by atoms with E-state index >= 15 is 0 Å². The summed E-state index contributed by atoms with van der Waals surface area (Å²) in [6.07, 6.45) is 2.60. The average Bonchev–Trinajstić information content (AvgIpc) is 2.76. The van der Waals surface area contributed by atoms with E-state index in [0.717, 1.165) is 12.8 Å². The van der Waals surface area contributed by atoms with Gasteiger partial charge in [-0.05, 0) is 42.7 Å². The number of anilines is 1. The van der Waals surface area contributed by atoms with Crippen LogP contribution in [0, 0.1) is 6.92 Å². The van der Waals surface area contributed by atoms with Crippen LogP contribution in [0.3, 0.4) is 0 Å². The SMILES string of the molecule is Cc1nc(N2CCOCC2)[nH]c(=O)c1CCC(=O)N[C@H]1CCC(C)(C)c2ccccc21. The number of carbonyl (C=O) groups excluding carboxylic acids is 1. The molecular formula is C24H32N4O3. The number of aromatic amines is 1. The summed E-state index contributed by atoms with van der Waals surface area (Å²) in [6, 6.07) is 8.40. The van der Waals surface area contributed by atoms with Crippen molar-refractivity contribution in [2.75, 3.05) is 31.2 Å². The van der Waals surface area contributed by atoms with Crippen molar-refractivity contribution in [3.05, 3.63) is 57.0 Å². The molecule has 31 heavy (non-hydrogen) atoms. The predicted octanol–water partition coefficient (Wildman–Crippen LogP) is 2.78. The minimum Gasteiger partial charge on any atom is -0.378 e. The Balaban J connectivity index is 1.41. The Bertz CT molecular complexity index is 1010. The van der Waals surface area contributed by atoms with Crippen LogP contribution in [0.1, 0.15) is 61.5 Å². The highest BCUT2D eigenvalue weighted by Crippen LogP contribution is 2.41. The van der Waals surface area contributed by atoms with Gasteiger partial charge in [-0.15, -0.1) is 0 Å². The van der Waals surface area contributed by atoms with Gasteiger partial charge >= 0.3 is 0 Å². The largest absolute Gasteiger partial charge is 0.378 e. The molecule has 0 bridgehead atoms. The molecule has 1 aromatic heterocycles. The van der Waals surface area contributed by atoms with Gasteiger partial charge in [0.1, 0.15) is 0 Å². The molecule has 0 unspecified atom stereocenters. The molecule has 1 aliphatic carbocycles. The first-order valence-electron chi connectivity index (χ1n) is 11.2. The monoisotopic (exact) mass is 424 g/mol. The summed E-state index contributed by atoms with van der Waals surface area (Å²) in [6.45, 7) is 9.04. The zero-order valence-electron chi connectivity index (χ0n) is 18.7. The highest BCUT2D eigenvalue weighted by atomic mass is 16.5. The number of H-pyrrole nitrogens is 1.